The molecule has 1 aromatic carbocycles. The lowest BCUT2D eigenvalue weighted by molar-refractivity contribution is 0.564. The van der Waals surface area contributed by atoms with E-state index in [0.29, 0.717) is 0 Å². The van der Waals surface area contributed by atoms with Crippen LogP contribution in [0.2, 0.25) is 0 Å². The highest BCUT2D eigenvalue weighted by Crippen LogP contribution is 2.28. The van der Waals surface area contributed by atoms with Gasteiger partial charge in [-0.3, -0.25) is 0 Å². The Morgan fingerprint density at radius 2 is 1.77 bits per heavy atom. The van der Waals surface area contributed by atoms with Gasteiger partial charge >= 0.3 is 0 Å². The summed E-state index contributed by atoms with van der Waals surface area (Å²) in [4.78, 5) is 0. The lowest BCUT2D eigenvalue weighted by atomic mass is 10.1. The van der Waals surface area contributed by atoms with E-state index in [-0.39, 0.29) is 5.38 Å². The second-order valence-corrected chi connectivity index (χ2v) is 3.27. The molecule has 1 aromatic heterocycles. The Balaban J connectivity index is 2.29. The van der Waals surface area contributed by atoms with E-state index in [1.54, 1.807) is 12.5 Å². The molecule has 1 unspecified atom stereocenters. The Morgan fingerprint density at radius 1 is 1.00 bits per heavy atom. The van der Waals surface area contributed by atoms with E-state index in [0.717, 1.165) is 11.1 Å². The van der Waals surface area contributed by atoms with E-state index in [1.807, 2.05) is 36.4 Å². The first-order chi connectivity index (χ1) is 6.38. The van der Waals surface area contributed by atoms with Crippen molar-refractivity contribution in [2.24, 2.45) is 0 Å². The van der Waals surface area contributed by atoms with Crippen LogP contribution in [0.5, 0.6) is 0 Å². The van der Waals surface area contributed by atoms with Crippen LogP contribution < -0.4 is 0 Å². The molecule has 13 heavy (non-hydrogen) atoms. The lowest BCUT2D eigenvalue weighted by Crippen LogP contribution is -1.89. The minimum atomic E-state index is -0.111. The van der Waals surface area contributed by atoms with E-state index < -0.39 is 0 Å². The maximum Gasteiger partial charge on any atom is 0.0952 e. The zero-order valence-electron chi connectivity index (χ0n) is 6.98. The standard InChI is InChI=1S/C11H9ClO/c12-11(10-6-7-13-8-10)9-4-2-1-3-5-9/h1-8,11H. The number of hydrogen-bond donors (Lipinski definition) is 0. The molecule has 2 aromatic rings. The highest BCUT2D eigenvalue weighted by Gasteiger charge is 2.10. The van der Waals surface area contributed by atoms with Gasteiger partial charge in [-0.15, -0.1) is 11.6 Å². The van der Waals surface area contributed by atoms with Crippen molar-refractivity contribution in [3.63, 3.8) is 0 Å². The fourth-order valence-electron chi connectivity index (χ4n) is 1.23. The molecule has 2 rings (SSSR count). The average Bonchev–Trinajstić information content (AvgIpc) is 2.71. The molecule has 0 spiro atoms. The molecule has 0 radical (unpaired) electrons. The molecule has 1 heterocycles. The van der Waals surface area contributed by atoms with Gasteiger partial charge in [0.2, 0.25) is 0 Å². The topological polar surface area (TPSA) is 13.1 Å². The zero-order chi connectivity index (χ0) is 9.10. The minimum Gasteiger partial charge on any atom is -0.472 e. The third kappa shape index (κ3) is 1.76. The van der Waals surface area contributed by atoms with Gasteiger partial charge in [-0.05, 0) is 11.6 Å². The fourth-order valence-corrected chi connectivity index (χ4v) is 1.50. The Bertz CT molecular complexity index is 353. The summed E-state index contributed by atoms with van der Waals surface area (Å²) >= 11 is 6.21. The Kier molecular flexibility index (Phi) is 2.37. The SMILES string of the molecule is ClC(c1ccccc1)c1ccoc1. The number of halogens is 1. The van der Waals surface area contributed by atoms with Crippen LogP contribution in [-0.4, -0.2) is 0 Å². The molecule has 0 bridgehead atoms. The van der Waals surface area contributed by atoms with Gasteiger partial charge in [-0.25, -0.2) is 0 Å². The zero-order valence-corrected chi connectivity index (χ0v) is 7.74. The summed E-state index contributed by atoms with van der Waals surface area (Å²) < 4.78 is 4.97. The summed E-state index contributed by atoms with van der Waals surface area (Å²) in [5.41, 5.74) is 2.08. The first kappa shape index (κ1) is 8.39. The predicted molar refractivity (Wildman–Crippen MR) is 52.8 cm³/mol. The van der Waals surface area contributed by atoms with Crippen molar-refractivity contribution in [1.82, 2.24) is 0 Å². The monoisotopic (exact) mass is 192 g/mol. The molecule has 0 amide bonds. The lowest BCUT2D eigenvalue weighted by Gasteiger charge is -2.05. The number of hydrogen-bond acceptors (Lipinski definition) is 1. The predicted octanol–water partition coefficient (Wildman–Crippen LogP) is 3.61. The molecule has 0 saturated heterocycles. The molecule has 0 fully saturated rings. The summed E-state index contributed by atoms with van der Waals surface area (Å²) in [5, 5.41) is -0.111. The molecule has 0 N–H and O–H groups in total. The van der Waals surface area contributed by atoms with Crippen molar-refractivity contribution < 1.29 is 4.42 Å². The van der Waals surface area contributed by atoms with Crippen molar-refractivity contribution in [3.05, 3.63) is 60.1 Å². The molecule has 0 aliphatic heterocycles. The van der Waals surface area contributed by atoms with Crippen LogP contribution in [0.4, 0.5) is 0 Å². The van der Waals surface area contributed by atoms with E-state index in [9.17, 15) is 0 Å². The van der Waals surface area contributed by atoms with Crippen LogP contribution in [0.1, 0.15) is 16.5 Å². The van der Waals surface area contributed by atoms with E-state index in [2.05, 4.69) is 0 Å². The quantitative estimate of drug-likeness (QED) is 0.663. The van der Waals surface area contributed by atoms with Gasteiger partial charge in [0, 0.05) is 5.56 Å². The van der Waals surface area contributed by atoms with Crippen LogP contribution in [0.15, 0.2) is 53.3 Å². The smallest absolute Gasteiger partial charge is 0.0952 e. The maximum atomic E-state index is 6.21. The highest BCUT2D eigenvalue weighted by atomic mass is 35.5. The van der Waals surface area contributed by atoms with E-state index in [1.165, 1.54) is 0 Å². The molecule has 0 aliphatic carbocycles. The van der Waals surface area contributed by atoms with Gasteiger partial charge in [0.25, 0.3) is 0 Å². The highest BCUT2D eigenvalue weighted by molar-refractivity contribution is 6.22. The number of alkyl halides is 1. The maximum absolute atomic E-state index is 6.21. The molecule has 0 aliphatic rings. The minimum absolute atomic E-state index is 0.111. The number of furan rings is 1. The Hall–Kier alpha value is -1.21. The first-order valence-electron chi connectivity index (χ1n) is 4.09. The molecule has 1 atom stereocenters. The Morgan fingerprint density at radius 3 is 2.38 bits per heavy atom. The van der Waals surface area contributed by atoms with Crippen LogP contribution >= 0.6 is 11.6 Å². The largest absolute Gasteiger partial charge is 0.472 e. The molecule has 66 valence electrons. The Labute approximate surface area is 82.0 Å². The van der Waals surface area contributed by atoms with Crippen molar-refractivity contribution >= 4 is 11.6 Å². The van der Waals surface area contributed by atoms with Gasteiger partial charge < -0.3 is 4.42 Å². The van der Waals surface area contributed by atoms with Gasteiger partial charge in [-0.2, -0.15) is 0 Å². The van der Waals surface area contributed by atoms with Crippen molar-refractivity contribution in [3.8, 4) is 0 Å². The number of rotatable bonds is 2. The summed E-state index contributed by atoms with van der Waals surface area (Å²) in [6.07, 6.45) is 3.30. The van der Waals surface area contributed by atoms with E-state index in [4.69, 9.17) is 16.0 Å². The van der Waals surface area contributed by atoms with Gasteiger partial charge in [0.15, 0.2) is 0 Å². The molecular formula is C11H9ClO. The van der Waals surface area contributed by atoms with Crippen molar-refractivity contribution in [2.45, 2.75) is 5.38 Å². The molecule has 2 heteroatoms. The van der Waals surface area contributed by atoms with E-state index >= 15 is 0 Å². The summed E-state index contributed by atoms with van der Waals surface area (Å²) in [6, 6.07) is 11.8. The van der Waals surface area contributed by atoms with Gasteiger partial charge in [0.1, 0.15) is 0 Å². The van der Waals surface area contributed by atoms with Crippen LogP contribution in [0.25, 0.3) is 0 Å². The van der Waals surface area contributed by atoms with Crippen molar-refractivity contribution in [2.75, 3.05) is 0 Å². The normalized spacial score (nSPS) is 12.7. The van der Waals surface area contributed by atoms with Gasteiger partial charge in [0.05, 0.1) is 17.9 Å². The summed E-state index contributed by atoms with van der Waals surface area (Å²) in [6.45, 7) is 0. The second-order valence-electron chi connectivity index (χ2n) is 2.83. The fraction of sp³-hybridized carbons (Fsp3) is 0.0909. The molecule has 0 saturated carbocycles. The molecular weight excluding hydrogens is 184 g/mol. The average molecular weight is 193 g/mol. The van der Waals surface area contributed by atoms with Crippen molar-refractivity contribution in [1.29, 1.82) is 0 Å². The van der Waals surface area contributed by atoms with Gasteiger partial charge in [-0.1, -0.05) is 30.3 Å². The third-order valence-corrected chi connectivity index (χ3v) is 2.43. The van der Waals surface area contributed by atoms with Crippen LogP contribution in [0, 0.1) is 0 Å². The second kappa shape index (κ2) is 3.67. The molecule has 1 nitrogen and oxygen atoms in total. The van der Waals surface area contributed by atoms with Crippen LogP contribution in [-0.2, 0) is 0 Å². The third-order valence-electron chi connectivity index (χ3n) is 1.93. The summed E-state index contributed by atoms with van der Waals surface area (Å²) in [7, 11) is 0. The first-order valence-corrected chi connectivity index (χ1v) is 4.52. The summed E-state index contributed by atoms with van der Waals surface area (Å²) in [5.74, 6) is 0. The number of benzene rings is 1. The van der Waals surface area contributed by atoms with Crippen LogP contribution in [0.3, 0.4) is 0 Å².